The van der Waals surface area contributed by atoms with Gasteiger partial charge in [-0.25, -0.2) is 4.98 Å². The summed E-state index contributed by atoms with van der Waals surface area (Å²) in [7, 11) is 3.87. The van der Waals surface area contributed by atoms with Crippen LogP contribution in [0.4, 0.5) is 5.95 Å². The Morgan fingerprint density at radius 2 is 2.53 bits per heavy atom. The first-order valence-corrected chi connectivity index (χ1v) is 6.26. The van der Waals surface area contributed by atoms with E-state index < -0.39 is 0 Å². The van der Waals surface area contributed by atoms with Crippen molar-refractivity contribution in [3.05, 3.63) is 12.4 Å². The molecule has 1 aromatic heterocycles. The lowest BCUT2D eigenvalue weighted by molar-refractivity contribution is 0.190. The Labute approximate surface area is 103 Å². The molecule has 0 amide bonds. The molecule has 1 atom stereocenters. The van der Waals surface area contributed by atoms with Gasteiger partial charge in [-0.1, -0.05) is 0 Å². The summed E-state index contributed by atoms with van der Waals surface area (Å²) >= 11 is 0. The van der Waals surface area contributed by atoms with Crippen molar-refractivity contribution in [1.82, 2.24) is 14.9 Å². The topological polar surface area (TPSA) is 42.3 Å². The molecule has 1 unspecified atom stereocenters. The second kappa shape index (κ2) is 6.02. The standard InChI is InChI=1S/C12H22N4O/c1-15(11-4-5-13-10-11)12-14-6-8-16(12)7-3-9-17-2/h6,8,11,13H,3-5,7,9-10H2,1-2H3. The Bertz CT molecular complexity index is 333. The summed E-state index contributed by atoms with van der Waals surface area (Å²) in [6.45, 7) is 3.93. The van der Waals surface area contributed by atoms with E-state index in [2.05, 4.69) is 26.8 Å². The first kappa shape index (κ1) is 12.4. The maximum Gasteiger partial charge on any atom is 0.205 e. The smallest absolute Gasteiger partial charge is 0.205 e. The molecule has 1 fully saturated rings. The Morgan fingerprint density at radius 1 is 1.65 bits per heavy atom. The van der Waals surface area contributed by atoms with Crippen LogP contribution >= 0.6 is 0 Å². The first-order valence-electron chi connectivity index (χ1n) is 6.26. The van der Waals surface area contributed by atoms with E-state index in [1.165, 1.54) is 6.42 Å². The van der Waals surface area contributed by atoms with E-state index in [1.807, 2.05) is 12.4 Å². The molecule has 0 bridgehead atoms. The summed E-state index contributed by atoms with van der Waals surface area (Å²) < 4.78 is 7.29. The molecule has 17 heavy (non-hydrogen) atoms. The zero-order valence-electron chi connectivity index (χ0n) is 10.7. The highest BCUT2D eigenvalue weighted by molar-refractivity contribution is 5.32. The number of aryl methyl sites for hydroxylation is 1. The number of likely N-dealkylation sites (N-methyl/N-ethyl adjacent to an activating group) is 1. The van der Waals surface area contributed by atoms with Crippen LogP contribution in [0.3, 0.4) is 0 Å². The fraction of sp³-hybridized carbons (Fsp3) is 0.750. The minimum atomic E-state index is 0.568. The van der Waals surface area contributed by atoms with E-state index in [1.54, 1.807) is 7.11 Å². The third-order valence-corrected chi connectivity index (χ3v) is 3.34. The molecule has 0 spiro atoms. The number of hydrogen-bond acceptors (Lipinski definition) is 4. The maximum atomic E-state index is 5.08. The highest BCUT2D eigenvalue weighted by Crippen LogP contribution is 2.16. The lowest BCUT2D eigenvalue weighted by Crippen LogP contribution is -2.35. The number of aromatic nitrogens is 2. The Hall–Kier alpha value is -1.07. The molecule has 1 N–H and O–H groups in total. The fourth-order valence-corrected chi connectivity index (χ4v) is 2.30. The zero-order chi connectivity index (χ0) is 12.1. The lowest BCUT2D eigenvalue weighted by atomic mass is 10.2. The molecule has 96 valence electrons. The van der Waals surface area contributed by atoms with Gasteiger partial charge in [0.25, 0.3) is 0 Å². The van der Waals surface area contributed by atoms with Crippen LogP contribution in [-0.2, 0) is 11.3 Å². The van der Waals surface area contributed by atoms with E-state index in [4.69, 9.17) is 4.74 Å². The van der Waals surface area contributed by atoms with Crippen LogP contribution in [-0.4, -0.2) is 49.4 Å². The number of nitrogens with one attached hydrogen (secondary N) is 1. The minimum absolute atomic E-state index is 0.568. The molecule has 5 heteroatoms. The Kier molecular flexibility index (Phi) is 4.39. The zero-order valence-corrected chi connectivity index (χ0v) is 10.7. The van der Waals surface area contributed by atoms with E-state index in [-0.39, 0.29) is 0 Å². The second-order valence-electron chi connectivity index (χ2n) is 4.52. The summed E-state index contributed by atoms with van der Waals surface area (Å²) in [4.78, 5) is 6.74. The normalized spacial score (nSPS) is 19.8. The largest absolute Gasteiger partial charge is 0.385 e. The van der Waals surface area contributed by atoms with Gasteiger partial charge in [-0.05, 0) is 19.4 Å². The summed E-state index contributed by atoms with van der Waals surface area (Å²) in [6, 6.07) is 0.568. The minimum Gasteiger partial charge on any atom is -0.385 e. The van der Waals surface area contributed by atoms with Crippen LogP contribution in [0.2, 0.25) is 0 Å². The van der Waals surface area contributed by atoms with E-state index in [0.717, 1.165) is 38.6 Å². The van der Waals surface area contributed by atoms with Gasteiger partial charge in [0.15, 0.2) is 0 Å². The van der Waals surface area contributed by atoms with Gasteiger partial charge >= 0.3 is 0 Å². The van der Waals surface area contributed by atoms with Crippen molar-refractivity contribution in [3.63, 3.8) is 0 Å². The van der Waals surface area contributed by atoms with Crippen LogP contribution < -0.4 is 10.2 Å². The van der Waals surface area contributed by atoms with Gasteiger partial charge in [-0.2, -0.15) is 0 Å². The molecule has 0 saturated carbocycles. The molecule has 1 aliphatic heterocycles. The highest BCUT2D eigenvalue weighted by atomic mass is 16.5. The third kappa shape index (κ3) is 2.98. The molecule has 2 heterocycles. The maximum absolute atomic E-state index is 5.08. The summed E-state index contributed by atoms with van der Waals surface area (Å²) in [5.41, 5.74) is 0. The van der Waals surface area contributed by atoms with Crippen LogP contribution in [0.1, 0.15) is 12.8 Å². The van der Waals surface area contributed by atoms with Crippen LogP contribution in [0, 0.1) is 0 Å². The van der Waals surface area contributed by atoms with Crippen molar-refractivity contribution in [3.8, 4) is 0 Å². The van der Waals surface area contributed by atoms with E-state index >= 15 is 0 Å². The average Bonchev–Trinajstić information content (AvgIpc) is 3.00. The van der Waals surface area contributed by atoms with Crippen molar-refractivity contribution < 1.29 is 4.74 Å². The quantitative estimate of drug-likeness (QED) is 0.742. The number of nitrogens with zero attached hydrogens (tertiary/aromatic N) is 3. The molecular formula is C12H22N4O. The molecule has 5 nitrogen and oxygen atoms in total. The van der Waals surface area contributed by atoms with Crippen molar-refractivity contribution >= 4 is 5.95 Å². The van der Waals surface area contributed by atoms with Crippen molar-refractivity contribution in [2.24, 2.45) is 0 Å². The number of imidazole rings is 1. The van der Waals surface area contributed by atoms with Crippen molar-refractivity contribution in [2.75, 3.05) is 38.8 Å². The first-order chi connectivity index (χ1) is 8.33. The second-order valence-corrected chi connectivity index (χ2v) is 4.52. The third-order valence-electron chi connectivity index (χ3n) is 3.34. The molecule has 2 rings (SSSR count). The van der Waals surface area contributed by atoms with E-state index in [0.29, 0.717) is 6.04 Å². The van der Waals surface area contributed by atoms with Gasteiger partial charge in [-0.3, -0.25) is 0 Å². The molecule has 1 aromatic rings. The SMILES string of the molecule is COCCCn1ccnc1N(C)C1CCNC1. The average molecular weight is 238 g/mol. The van der Waals surface area contributed by atoms with Gasteiger partial charge in [0.05, 0.1) is 0 Å². The number of anilines is 1. The number of methoxy groups -OCH3 is 1. The Balaban J connectivity index is 1.96. The molecule has 1 saturated heterocycles. The van der Waals surface area contributed by atoms with Gasteiger partial charge in [0.1, 0.15) is 0 Å². The van der Waals surface area contributed by atoms with Gasteiger partial charge < -0.3 is 19.5 Å². The number of rotatable bonds is 6. The van der Waals surface area contributed by atoms with Gasteiger partial charge in [0, 0.05) is 52.3 Å². The predicted octanol–water partition coefficient (Wildman–Crippen LogP) is 0.718. The molecule has 1 aliphatic rings. The van der Waals surface area contributed by atoms with Gasteiger partial charge in [0.2, 0.25) is 5.95 Å². The monoisotopic (exact) mass is 238 g/mol. The highest BCUT2D eigenvalue weighted by Gasteiger charge is 2.21. The van der Waals surface area contributed by atoms with E-state index in [9.17, 15) is 0 Å². The van der Waals surface area contributed by atoms with Crippen LogP contribution in [0.5, 0.6) is 0 Å². The Morgan fingerprint density at radius 3 is 3.24 bits per heavy atom. The number of ether oxygens (including phenoxy) is 1. The summed E-state index contributed by atoms with van der Waals surface area (Å²) in [5.74, 6) is 1.06. The van der Waals surface area contributed by atoms with Crippen molar-refractivity contribution in [2.45, 2.75) is 25.4 Å². The molecular weight excluding hydrogens is 216 g/mol. The molecule has 0 aromatic carbocycles. The van der Waals surface area contributed by atoms with Crippen LogP contribution in [0.15, 0.2) is 12.4 Å². The summed E-state index contributed by atoms with van der Waals surface area (Å²) in [6.07, 6.45) is 6.14. The molecule has 0 radical (unpaired) electrons. The lowest BCUT2D eigenvalue weighted by Gasteiger charge is -2.25. The molecule has 0 aliphatic carbocycles. The summed E-state index contributed by atoms with van der Waals surface area (Å²) in [5, 5.41) is 3.39. The fourth-order valence-electron chi connectivity index (χ4n) is 2.30. The van der Waals surface area contributed by atoms with Crippen LogP contribution in [0.25, 0.3) is 0 Å². The van der Waals surface area contributed by atoms with Gasteiger partial charge in [-0.15, -0.1) is 0 Å². The van der Waals surface area contributed by atoms with Crippen molar-refractivity contribution in [1.29, 1.82) is 0 Å². The predicted molar refractivity (Wildman–Crippen MR) is 68.4 cm³/mol. The number of hydrogen-bond donors (Lipinski definition) is 1.